The van der Waals surface area contributed by atoms with Crippen molar-refractivity contribution >= 4 is 23.2 Å². The van der Waals surface area contributed by atoms with Crippen molar-refractivity contribution in [3.05, 3.63) is 29.3 Å². The van der Waals surface area contributed by atoms with Crippen LogP contribution in [0, 0.1) is 5.82 Å². The quantitative estimate of drug-likeness (QED) is 0.883. The van der Waals surface area contributed by atoms with E-state index in [-0.39, 0.29) is 23.0 Å². The van der Waals surface area contributed by atoms with Crippen molar-refractivity contribution in [3.63, 3.8) is 0 Å². The second-order valence-corrected chi connectivity index (χ2v) is 4.37. The third kappa shape index (κ3) is 4.16. The molecule has 112 valence electrons. The molecular weight excluding hydrogens is 299 g/mol. The Kier molecular flexibility index (Phi) is 5.10. The predicted molar refractivity (Wildman–Crippen MR) is 76.9 cm³/mol. The predicted octanol–water partition coefficient (Wildman–Crippen LogP) is 3.21. The number of hydrogen-bond acceptors (Lipinski definition) is 6. The Bertz CT molecular complexity index is 627. The number of hydrogen-bond donors (Lipinski definition) is 1. The van der Waals surface area contributed by atoms with E-state index >= 15 is 0 Å². The van der Waals surface area contributed by atoms with Gasteiger partial charge in [-0.2, -0.15) is 15.0 Å². The van der Waals surface area contributed by atoms with Crippen LogP contribution < -0.4 is 14.8 Å². The van der Waals surface area contributed by atoms with Gasteiger partial charge in [-0.15, -0.1) is 0 Å². The van der Waals surface area contributed by atoms with Crippen LogP contribution in [0.15, 0.2) is 18.2 Å². The lowest BCUT2D eigenvalue weighted by Crippen LogP contribution is -2.05. The number of ether oxygens (including phenoxy) is 2. The molecule has 6 nitrogen and oxygen atoms in total. The minimum absolute atomic E-state index is 0.00711. The summed E-state index contributed by atoms with van der Waals surface area (Å²) in [5, 5.41) is 2.90. The minimum atomic E-state index is -0.455. The summed E-state index contributed by atoms with van der Waals surface area (Å²) in [5.74, 6) is -0.138. The van der Waals surface area contributed by atoms with Gasteiger partial charge in [0.1, 0.15) is 0 Å². The molecular formula is C13H14ClFN4O2. The Morgan fingerprint density at radius 2 is 2.10 bits per heavy atom. The van der Waals surface area contributed by atoms with Gasteiger partial charge in [0.25, 0.3) is 0 Å². The smallest absolute Gasteiger partial charge is 0.322 e. The van der Waals surface area contributed by atoms with Crippen molar-refractivity contribution in [1.82, 2.24) is 15.0 Å². The number of nitrogens with zero attached hydrogens (tertiary/aromatic N) is 3. The SMILES string of the molecule is CCCOc1nc(Cl)nc(Nc2ccc(F)c(OC)c2)n1. The molecule has 21 heavy (non-hydrogen) atoms. The zero-order chi connectivity index (χ0) is 15.2. The van der Waals surface area contributed by atoms with Crippen LogP contribution in [-0.2, 0) is 0 Å². The molecule has 0 amide bonds. The Balaban J connectivity index is 2.20. The van der Waals surface area contributed by atoms with Gasteiger partial charge in [-0.1, -0.05) is 6.92 Å². The van der Waals surface area contributed by atoms with E-state index in [0.29, 0.717) is 12.3 Å². The van der Waals surface area contributed by atoms with Gasteiger partial charge in [-0.25, -0.2) is 4.39 Å². The molecule has 2 rings (SSSR count). The fourth-order valence-electron chi connectivity index (χ4n) is 1.51. The van der Waals surface area contributed by atoms with E-state index in [1.165, 1.54) is 25.3 Å². The molecule has 1 N–H and O–H groups in total. The topological polar surface area (TPSA) is 69.2 Å². The van der Waals surface area contributed by atoms with Crippen LogP contribution in [0.1, 0.15) is 13.3 Å². The van der Waals surface area contributed by atoms with Crippen LogP contribution in [0.3, 0.4) is 0 Å². The van der Waals surface area contributed by atoms with Gasteiger partial charge in [0, 0.05) is 11.8 Å². The van der Waals surface area contributed by atoms with E-state index in [1.807, 2.05) is 6.92 Å². The van der Waals surface area contributed by atoms with Crippen LogP contribution in [0.5, 0.6) is 11.8 Å². The first kappa shape index (κ1) is 15.2. The molecule has 0 saturated heterocycles. The summed E-state index contributed by atoms with van der Waals surface area (Å²) >= 11 is 5.81. The van der Waals surface area contributed by atoms with Crippen molar-refractivity contribution in [2.24, 2.45) is 0 Å². The van der Waals surface area contributed by atoms with Crippen molar-refractivity contribution in [2.45, 2.75) is 13.3 Å². The van der Waals surface area contributed by atoms with Crippen LogP contribution in [0.2, 0.25) is 5.28 Å². The second-order valence-electron chi connectivity index (χ2n) is 4.03. The highest BCUT2D eigenvalue weighted by atomic mass is 35.5. The molecule has 0 saturated carbocycles. The fraction of sp³-hybridized carbons (Fsp3) is 0.308. The summed E-state index contributed by atoms with van der Waals surface area (Å²) in [6.07, 6.45) is 0.821. The number of halogens is 2. The van der Waals surface area contributed by atoms with Crippen LogP contribution in [0.4, 0.5) is 16.0 Å². The molecule has 0 atom stereocenters. The zero-order valence-electron chi connectivity index (χ0n) is 11.6. The monoisotopic (exact) mass is 312 g/mol. The molecule has 2 aromatic rings. The molecule has 0 radical (unpaired) electrons. The lowest BCUT2D eigenvalue weighted by atomic mass is 10.3. The molecule has 8 heteroatoms. The Morgan fingerprint density at radius 1 is 1.29 bits per heavy atom. The van der Waals surface area contributed by atoms with E-state index in [0.717, 1.165) is 6.42 Å². The molecule has 0 spiro atoms. The number of rotatable bonds is 6. The van der Waals surface area contributed by atoms with Crippen LogP contribution in [0.25, 0.3) is 0 Å². The van der Waals surface area contributed by atoms with E-state index in [2.05, 4.69) is 20.3 Å². The Morgan fingerprint density at radius 3 is 2.81 bits per heavy atom. The highest BCUT2D eigenvalue weighted by Gasteiger charge is 2.08. The van der Waals surface area contributed by atoms with E-state index in [1.54, 1.807) is 0 Å². The standard InChI is InChI=1S/C13H14ClFN4O2/c1-3-6-21-13-18-11(14)17-12(19-13)16-8-4-5-9(15)10(7-8)20-2/h4-5,7H,3,6H2,1-2H3,(H,16,17,18,19). The average molecular weight is 313 g/mol. The molecule has 0 aliphatic carbocycles. The summed E-state index contributed by atoms with van der Waals surface area (Å²) in [7, 11) is 1.39. The van der Waals surface area contributed by atoms with Crippen LogP contribution >= 0.6 is 11.6 Å². The van der Waals surface area contributed by atoms with Crippen molar-refractivity contribution < 1.29 is 13.9 Å². The van der Waals surface area contributed by atoms with Gasteiger partial charge in [0.2, 0.25) is 11.2 Å². The molecule has 0 unspecified atom stereocenters. The van der Waals surface area contributed by atoms with Gasteiger partial charge in [-0.05, 0) is 30.2 Å². The van der Waals surface area contributed by atoms with E-state index in [4.69, 9.17) is 21.1 Å². The molecule has 1 aromatic heterocycles. The van der Waals surface area contributed by atoms with Gasteiger partial charge in [0.05, 0.1) is 13.7 Å². The van der Waals surface area contributed by atoms with Gasteiger partial charge >= 0.3 is 6.01 Å². The number of nitrogens with one attached hydrogen (secondary N) is 1. The maximum absolute atomic E-state index is 13.3. The third-order valence-corrected chi connectivity index (χ3v) is 2.60. The van der Waals surface area contributed by atoms with E-state index < -0.39 is 5.82 Å². The lowest BCUT2D eigenvalue weighted by molar-refractivity contribution is 0.292. The largest absolute Gasteiger partial charge is 0.494 e. The summed E-state index contributed by atoms with van der Waals surface area (Å²) in [4.78, 5) is 11.9. The normalized spacial score (nSPS) is 10.3. The van der Waals surface area contributed by atoms with E-state index in [9.17, 15) is 4.39 Å². The fourth-order valence-corrected chi connectivity index (χ4v) is 1.66. The maximum atomic E-state index is 13.3. The zero-order valence-corrected chi connectivity index (χ0v) is 12.3. The van der Waals surface area contributed by atoms with Crippen molar-refractivity contribution in [3.8, 4) is 11.8 Å². The first-order valence-electron chi connectivity index (χ1n) is 6.27. The molecule has 1 aromatic carbocycles. The molecule has 0 bridgehead atoms. The Hall–Kier alpha value is -2.15. The second kappa shape index (κ2) is 7.03. The summed E-state index contributed by atoms with van der Waals surface area (Å²) in [6.45, 7) is 2.44. The first-order valence-corrected chi connectivity index (χ1v) is 6.65. The van der Waals surface area contributed by atoms with Crippen molar-refractivity contribution in [2.75, 3.05) is 19.0 Å². The summed E-state index contributed by atoms with van der Waals surface area (Å²) in [5.41, 5.74) is 0.553. The number of aromatic nitrogens is 3. The van der Waals surface area contributed by atoms with Crippen molar-refractivity contribution in [1.29, 1.82) is 0 Å². The average Bonchev–Trinajstić information content (AvgIpc) is 2.46. The molecule has 0 fully saturated rings. The molecule has 0 aliphatic rings. The van der Waals surface area contributed by atoms with Gasteiger partial charge in [0.15, 0.2) is 11.6 Å². The number of methoxy groups -OCH3 is 1. The third-order valence-electron chi connectivity index (χ3n) is 2.43. The maximum Gasteiger partial charge on any atom is 0.322 e. The number of anilines is 2. The highest BCUT2D eigenvalue weighted by Crippen LogP contribution is 2.24. The van der Waals surface area contributed by atoms with Gasteiger partial charge in [-0.3, -0.25) is 0 Å². The Labute approximate surface area is 126 Å². The van der Waals surface area contributed by atoms with Gasteiger partial charge < -0.3 is 14.8 Å². The van der Waals surface area contributed by atoms with Crippen LogP contribution in [-0.4, -0.2) is 28.7 Å². The minimum Gasteiger partial charge on any atom is -0.494 e. The first-order chi connectivity index (χ1) is 10.1. The molecule has 0 aliphatic heterocycles. The summed E-state index contributed by atoms with van der Waals surface area (Å²) < 4.78 is 23.6. The lowest BCUT2D eigenvalue weighted by Gasteiger charge is -2.09. The summed E-state index contributed by atoms with van der Waals surface area (Å²) in [6, 6.07) is 4.42. The highest BCUT2D eigenvalue weighted by molar-refractivity contribution is 6.28. The molecule has 1 heterocycles. The number of benzene rings is 1.